The highest BCUT2D eigenvalue weighted by molar-refractivity contribution is 5.55. The van der Waals surface area contributed by atoms with Gasteiger partial charge in [0.15, 0.2) is 6.23 Å². The van der Waals surface area contributed by atoms with Crippen LogP contribution in [0.15, 0.2) is 18.2 Å². The predicted octanol–water partition coefficient (Wildman–Crippen LogP) is -0.246. The summed E-state index contributed by atoms with van der Waals surface area (Å²) in [7, 11) is 0. The molecule has 0 unspecified atom stereocenters. The molecule has 1 saturated heterocycles. The maximum absolute atomic E-state index is 10.6. The second-order valence-corrected chi connectivity index (χ2v) is 4.66. The van der Waals surface area contributed by atoms with Gasteiger partial charge in [-0.25, -0.2) is 0 Å². The Labute approximate surface area is 114 Å². The SMILES string of the molecule is Cc1cc([N+](=O)[O-])ccc1N[C@H]1O[C@@H](CO)[C@@H](O)[C@H]1O. The molecule has 0 bridgehead atoms. The molecule has 20 heavy (non-hydrogen) atoms. The zero-order valence-electron chi connectivity index (χ0n) is 10.8. The molecule has 4 atom stereocenters. The molecule has 0 spiro atoms. The van der Waals surface area contributed by atoms with Gasteiger partial charge >= 0.3 is 0 Å². The minimum Gasteiger partial charge on any atom is -0.394 e. The lowest BCUT2D eigenvalue weighted by Gasteiger charge is -2.19. The van der Waals surface area contributed by atoms with Crippen molar-refractivity contribution in [1.82, 2.24) is 0 Å². The van der Waals surface area contributed by atoms with Gasteiger partial charge in [-0.1, -0.05) is 0 Å². The van der Waals surface area contributed by atoms with Crippen LogP contribution in [0.3, 0.4) is 0 Å². The maximum atomic E-state index is 10.6. The minimum atomic E-state index is -1.19. The highest BCUT2D eigenvalue weighted by Gasteiger charge is 2.42. The Hall–Kier alpha value is -1.74. The van der Waals surface area contributed by atoms with Gasteiger partial charge in [0.1, 0.15) is 18.3 Å². The van der Waals surface area contributed by atoms with Crippen molar-refractivity contribution in [2.24, 2.45) is 0 Å². The number of nitrogens with one attached hydrogen (secondary N) is 1. The maximum Gasteiger partial charge on any atom is 0.269 e. The molecule has 110 valence electrons. The molecule has 8 heteroatoms. The van der Waals surface area contributed by atoms with Crippen LogP contribution in [0.25, 0.3) is 0 Å². The summed E-state index contributed by atoms with van der Waals surface area (Å²) in [5.74, 6) is 0. The molecule has 0 aromatic heterocycles. The van der Waals surface area contributed by atoms with Crippen LogP contribution in [0.4, 0.5) is 11.4 Å². The molecule has 0 amide bonds. The average molecular weight is 284 g/mol. The zero-order valence-corrected chi connectivity index (χ0v) is 10.8. The number of aliphatic hydroxyl groups is 3. The third-order valence-electron chi connectivity index (χ3n) is 3.26. The van der Waals surface area contributed by atoms with Crippen LogP contribution in [0.2, 0.25) is 0 Å². The van der Waals surface area contributed by atoms with Crippen LogP contribution >= 0.6 is 0 Å². The van der Waals surface area contributed by atoms with Crippen LogP contribution in [0.1, 0.15) is 5.56 Å². The van der Waals surface area contributed by atoms with Gasteiger partial charge in [-0.15, -0.1) is 0 Å². The molecule has 4 N–H and O–H groups in total. The molecule has 2 rings (SSSR count). The second kappa shape index (κ2) is 5.71. The fraction of sp³-hybridized carbons (Fsp3) is 0.500. The van der Waals surface area contributed by atoms with Crippen LogP contribution in [-0.2, 0) is 4.74 Å². The molecule has 0 saturated carbocycles. The molecule has 8 nitrogen and oxygen atoms in total. The van der Waals surface area contributed by atoms with Crippen molar-refractivity contribution >= 4 is 11.4 Å². The average Bonchev–Trinajstić information content (AvgIpc) is 2.68. The number of non-ortho nitro benzene ring substituents is 1. The number of aryl methyl sites for hydroxylation is 1. The molecule has 1 fully saturated rings. The lowest BCUT2D eigenvalue weighted by molar-refractivity contribution is -0.384. The first-order chi connectivity index (χ1) is 9.43. The number of hydrogen-bond donors (Lipinski definition) is 4. The lowest BCUT2D eigenvalue weighted by atomic mass is 10.1. The summed E-state index contributed by atoms with van der Waals surface area (Å²) in [6, 6.07) is 4.22. The number of rotatable bonds is 4. The Morgan fingerprint density at radius 1 is 1.40 bits per heavy atom. The third kappa shape index (κ3) is 2.73. The summed E-state index contributed by atoms with van der Waals surface area (Å²) in [4.78, 5) is 10.1. The van der Waals surface area contributed by atoms with Crippen molar-refractivity contribution in [2.75, 3.05) is 11.9 Å². The van der Waals surface area contributed by atoms with Crippen LogP contribution in [0.5, 0.6) is 0 Å². The summed E-state index contributed by atoms with van der Waals surface area (Å²) < 4.78 is 5.28. The molecule has 1 aromatic carbocycles. The standard InChI is InChI=1S/C12H16N2O6/c1-6-4-7(14(18)19)2-3-8(6)13-12-11(17)10(16)9(5-15)20-12/h2-4,9-13,15-17H,5H2,1H3/t9-,10+,11+,12-/m0/s1. The van der Waals surface area contributed by atoms with E-state index in [1.54, 1.807) is 6.92 Å². The quantitative estimate of drug-likeness (QED) is 0.444. The number of benzene rings is 1. The van der Waals surface area contributed by atoms with E-state index < -0.39 is 36.1 Å². The fourth-order valence-corrected chi connectivity index (χ4v) is 2.10. The zero-order chi connectivity index (χ0) is 14.9. The first kappa shape index (κ1) is 14.7. The van der Waals surface area contributed by atoms with Gasteiger partial charge in [0.05, 0.1) is 11.5 Å². The van der Waals surface area contributed by atoms with Gasteiger partial charge in [-0.3, -0.25) is 10.1 Å². The van der Waals surface area contributed by atoms with Gasteiger partial charge in [-0.05, 0) is 18.6 Å². The minimum absolute atomic E-state index is 0.0331. The van der Waals surface area contributed by atoms with E-state index in [1.165, 1.54) is 18.2 Å². The van der Waals surface area contributed by atoms with E-state index in [0.29, 0.717) is 11.3 Å². The number of nitro benzene ring substituents is 1. The summed E-state index contributed by atoms with van der Waals surface area (Å²) in [6.07, 6.45) is -4.12. The Kier molecular flexibility index (Phi) is 4.19. The number of nitro groups is 1. The first-order valence-electron chi connectivity index (χ1n) is 6.08. The Bertz CT molecular complexity index is 509. The summed E-state index contributed by atoms with van der Waals surface area (Å²) in [5.41, 5.74) is 1.12. The Morgan fingerprint density at radius 2 is 2.10 bits per heavy atom. The van der Waals surface area contributed by atoms with E-state index in [2.05, 4.69) is 5.32 Å². The van der Waals surface area contributed by atoms with Crippen LogP contribution in [0, 0.1) is 17.0 Å². The van der Waals surface area contributed by atoms with Crippen molar-refractivity contribution in [3.63, 3.8) is 0 Å². The number of ether oxygens (including phenoxy) is 1. The summed E-state index contributed by atoms with van der Waals surface area (Å²) in [6.45, 7) is 1.27. The van der Waals surface area contributed by atoms with Crippen molar-refractivity contribution in [1.29, 1.82) is 0 Å². The number of hydrogen-bond acceptors (Lipinski definition) is 7. The number of anilines is 1. The predicted molar refractivity (Wildman–Crippen MR) is 69.2 cm³/mol. The van der Waals surface area contributed by atoms with E-state index in [1.807, 2.05) is 0 Å². The van der Waals surface area contributed by atoms with Gasteiger partial charge < -0.3 is 25.4 Å². The molecule has 1 aromatic rings. The van der Waals surface area contributed by atoms with Gasteiger partial charge in [0, 0.05) is 17.8 Å². The highest BCUT2D eigenvalue weighted by atomic mass is 16.6. The molecule has 0 aliphatic carbocycles. The Morgan fingerprint density at radius 3 is 2.60 bits per heavy atom. The van der Waals surface area contributed by atoms with Gasteiger partial charge in [0.25, 0.3) is 5.69 Å². The van der Waals surface area contributed by atoms with Gasteiger partial charge in [-0.2, -0.15) is 0 Å². The van der Waals surface area contributed by atoms with E-state index in [9.17, 15) is 20.3 Å². The summed E-state index contributed by atoms with van der Waals surface area (Å²) >= 11 is 0. The topological polar surface area (TPSA) is 125 Å². The van der Waals surface area contributed by atoms with Crippen molar-refractivity contribution in [3.8, 4) is 0 Å². The number of aliphatic hydroxyl groups excluding tert-OH is 3. The molecular weight excluding hydrogens is 268 g/mol. The molecule has 1 aliphatic rings. The van der Waals surface area contributed by atoms with Crippen molar-refractivity contribution < 1.29 is 25.0 Å². The monoisotopic (exact) mass is 284 g/mol. The van der Waals surface area contributed by atoms with E-state index >= 15 is 0 Å². The Balaban J connectivity index is 2.13. The smallest absolute Gasteiger partial charge is 0.269 e. The van der Waals surface area contributed by atoms with Crippen molar-refractivity contribution in [3.05, 3.63) is 33.9 Å². The molecule has 1 aliphatic heterocycles. The summed E-state index contributed by atoms with van der Waals surface area (Å²) in [5, 5.41) is 41.9. The largest absolute Gasteiger partial charge is 0.394 e. The first-order valence-corrected chi connectivity index (χ1v) is 6.08. The molecular formula is C12H16N2O6. The lowest BCUT2D eigenvalue weighted by Crippen LogP contribution is -2.36. The molecule has 1 heterocycles. The van der Waals surface area contributed by atoms with E-state index in [4.69, 9.17) is 9.84 Å². The number of nitrogens with zero attached hydrogens (tertiary/aromatic N) is 1. The fourth-order valence-electron chi connectivity index (χ4n) is 2.10. The van der Waals surface area contributed by atoms with E-state index in [-0.39, 0.29) is 5.69 Å². The van der Waals surface area contributed by atoms with Crippen molar-refractivity contribution in [2.45, 2.75) is 31.5 Å². The van der Waals surface area contributed by atoms with Gasteiger partial charge in [0.2, 0.25) is 0 Å². The normalized spacial score (nSPS) is 29.4. The van der Waals surface area contributed by atoms with E-state index in [0.717, 1.165) is 0 Å². The van der Waals surface area contributed by atoms with Crippen LogP contribution in [-0.4, -0.2) is 51.4 Å². The second-order valence-electron chi connectivity index (χ2n) is 4.66. The highest BCUT2D eigenvalue weighted by Crippen LogP contribution is 2.26. The molecule has 0 radical (unpaired) electrons. The third-order valence-corrected chi connectivity index (χ3v) is 3.26. The van der Waals surface area contributed by atoms with Crippen LogP contribution < -0.4 is 5.32 Å².